The summed E-state index contributed by atoms with van der Waals surface area (Å²) in [5.74, 6) is 0.720. The van der Waals surface area contributed by atoms with Gasteiger partial charge in [0, 0.05) is 0 Å². The van der Waals surface area contributed by atoms with E-state index >= 15 is 0 Å². The molecule has 1 nitrogen and oxygen atoms in total. The first-order valence-electron chi connectivity index (χ1n) is 5.15. The van der Waals surface area contributed by atoms with Crippen molar-refractivity contribution in [2.45, 2.75) is 32.3 Å². The van der Waals surface area contributed by atoms with Crippen LogP contribution in [-0.4, -0.2) is 10.9 Å². The zero-order chi connectivity index (χ0) is 10.4. The summed E-state index contributed by atoms with van der Waals surface area (Å²) in [4.78, 5) is 0. The van der Waals surface area contributed by atoms with Crippen LogP contribution in [0.15, 0.2) is 24.3 Å². The van der Waals surface area contributed by atoms with E-state index in [0.29, 0.717) is 0 Å². The highest BCUT2D eigenvalue weighted by Crippen LogP contribution is 2.17. The summed E-state index contributed by atoms with van der Waals surface area (Å²) in [7, 11) is 0. The van der Waals surface area contributed by atoms with Gasteiger partial charge in [-0.25, -0.2) is 0 Å². The van der Waals surface area contributed by atoms with Crippen molar-refractivity contribution in [3.05, 3.63) is 35.4 Å². The number of hydrogen-bond donors (Lipinski definition) is 2. The molecule has 0 aromatic heterocycles. The molecular weight excluding hydrogens is 192 g/mol. The van der Waals surface area contributed by atoms with Gasteiger partial charge >= 0.3 is 0 Å². The Hall–Kier alpha value is -0.470. The second-order valence-corrected chi connectivity index (χ2v) is 3.97. The zero-order valence-electron chi connectivity index (χ0n) is 8.61. The van der Waals surface area contributed by atoms with Crippen LogP contribution in [0.4, 0.5) is 0 Å². The van der Waals surface area contributed by atoms with Crippen molar-refractivity contribution in [1.29, 1.82) is 0 Å². The number of thiol groups is 1. The summed E-state index contributed by atoms with van der Waals surface area (Å²) in [6.45, 7) is 2.17. The van der Waals surface area contributed by atoms with Gasteiger partial charge in [-0.15, -0.1) is 0 Å². The van der Waals surface area contributed by atoms with Gasteiger partial charge in [0.2, 0.25) is 0 Å². The Kier molecular flexibility index (Phi) is 5.05. The third-order valence-corrected chi connectivity index (χ3v) is 2.56. The summed E-state index contributed by atoms with van der Waals surface area (Å²) in [5.41, 5.74) is 2.34. The summed E-state index contributed by atoms with van der Waals surface area (Å²) in [6.07, 6.45) is 2.64. The minimum atomic E-state index is -0.358. The van der Waals surface area contributed by atoms with Gasteiger partial charge in [-0.05, 0) is 29.7 Å². The van der Waals surface area contributed by atoms with E-state index in [0.717, 1.165) is 24.2 Å². The summed E-state index contributed by atoms with van der Waals surface area (Å²) < 4.78 is 0. The first-order chi connectivity index (χ1) is 6.77. The molecule has 0 spiro atoms. The van der Waals surface area contributed by atoms with E-state index in [1.54, 1.807) is 0 Å². The maximum Gasteiger partial charge on any atom is 0.0797 e. The van der Waals surface area contributed by atoms with E-state index in [2.05, 4.69) is 31.7 Å². The first kappa shape index (κ1) is 11.6. The lowest BCUT2D eigenvalue weighted by Gasteiger charge is -2.09. The summed E-state index contributed by atoms with van der Waals surface area (Å²) in [5, 5.41) is 9.69. The van der Waals surface area contributed by atoms with E-state index < -0.39 is 0 Å². The Morgan fingerprint density at radius 2 is 1.93 bits per heavy atom. The maximum atomic E-state index is 9.69. The number of aliphatic hydroxyl groups excluding tert-OH is 1. The fraction of sp³-hybridized carbons (Fsp3) is 0.500. The topological polar surface area (TPSA) is 20.2 Å². The number of hydrogen-bond acceptors (Lipinski definition) is 2. The Labute approximate surface area is 91.6 Å². The fourth-order valence-electron chi connectivity index (χ4n) is 1.48. The van der Waals surface area contributed by atoms with E-state index in [1.807, 2.05) is 12.1 Å². The second-order valence-electron chi connectivity index (χ2n) is 3.52. The molecule has 0 aliphatic carbocycles. The Morgan fingerprint density at radius 1 is 1.29 bits per heavy atom. The van der Waals surface area contributed by atoms with E-state index in [9.17, 15) is 5.11 Å². The number of aryl methyl sites for hydroxylation is 1. The van der Waals surface area contributed by atoms with Crippen molar-refractivity contribution in [2.24, 2.45) is 0 Å². The van der Waals surface area contributed by atoms with Crippen LogP contribution in [0.3, 0.4) is 0 Å². The molecule has 1 N–H and O–H groups in total. The molecule has 14 heavy (non-hydrogen) atoms. The van der Waals surface area contributed by atoms with Crippen molar-refractivity contribution in [2.75, 3.05) is 5.75 Å². The second kappa shape index (κ2) is 6.10. The lowest BCUT2D eigenvalue weighted by atomic mass is 10.0. The van der Waals surface area contributed by atoms with Crippen LogP contribution in [-0.2, 0) is 6.42 Å². The fourth-order valence-corrected chi connectivity index (χ4v) is 1.73. The first-order valence-corrected chi connectivity index (χ1v) is 5.79. The lowest BCUT2D eigenvalue weighted by molar-refractivity contribution is 0.175. The summed E-state index contributed by atoms with van der Waals surface area (Å²) in [6, 6.07) is 8.22. The van der Waals surface area contributed by atoms with Gasteiger partial charge in [0.25, 0.3) is 0 Å². The van der Waals surface area contributed by atoms with E-state index in [-0.39, 0.29) is 6.10 Å². The molecule has 78 valence electrons. The van der Waals surface area contributed by atoms with Gasteiger partial charge < -0.3 is 5.11 Å². The normalized spacial score (nSPS) is 12.8. The predicted molar refractivity (Wildman–Crippen MR) is 63.9 cm³/mol. The Morgan fingerprint density at radius 3 is 2.43 bits per heavy atom. The van der Waals surface area contributed by atoms with Crippen LogP contribution in [0.1, 0.15) is 37.0 Å². The molecule has 0 aliphatic rings. The van der Waals surface area contributed by atoms with Gasteiger partial charge in [0.05, 0.1) is 6.10 Å². The standard InChI is InChI=1S/C12H18OS/c1-2-3-10-4-6-11(7-5-10)12(13)8-9-14/h4-7,12-14H,2-3,8-9H2,1H3. The largest absolute Gasteiger partial charge is 0.388 e. The molecule has 1 rings (SSSR count). The average Bonchev–Trinajstić information content (AvgIpc) is 2.20. The molecule has 1 atom stereocenters. The third kappa shape index (κ3) is 3.35. The van der Waals surface area contributed by atoms with E-state index in [1.165, 1.54) is 12.0 Å². The van der Waals surface area contributed by atoms with E-state index in [4.69, 9.17) is 0 Å². The van der Waals surface area contributed by atoms with Crippen molar-refractivity contribution in [3.8, 4) is 0 Å². The molecule has 0 amide bonds. The molecule has 2 heteroatoms. The highest BCUT2D eigenvalue weighted by molar-refractivity contribution is 7.80. The van der Waals surface area contributed by atoms with Crippen LogP contribution in [0.25, 0.3) is 0 Å². The SMILES string of the molecule is CCCc1ccc(C(O)CCS)cc1. The molecule has 0 fully saturated rings. The highest BCUT2D eigenvalue weighted by atomic mass is 32.1. The third-order valence-electron chi connectivity index (χ3n) is 2.31. The van der Waals surface area contributed by atoms with Gasteiger partial charge in [-0.3, -0.25) is 0 Å². The van der Waals surface area contributed by atoms with Gasteiger partial charge in [-0.2, -0.15) is 12.6 Å². The quantitative estimate of drug-likeness (QED) is 0.716. The molecule has 0 saturated carbocycles. The maximum absolute atomic E-state index is 9.69. The van der Waals surface area contributed by atoms with Crippen molar-refractivity contribution >= 4 is 12.6 Å². The Bertz CT molecular complexity index is 256. The van der Waals surface area contributed by atoms with Crippen LogP contribution >= 0.6 is 12.6 Å². The van der Waals surface area contributed by atoms with Gasteiger partial charge in [0.1, 0.15) is 0 Å². The zero-order valence-corrected chi connectivity index (χ0v) is 9.50. The Balaban J connectivity index is 2.62. The van der Waals surface area contributed by atoms with Crippen LogP contribution in [0.5, 0.6) is 0 Å². The highest BCUT2D eigenvalue weighted by Gasteiger charge is 2.05. The van der Waals surface area contributed by atoms with Crippen molar-refractivity contribution in [3.63, 3.8) is 0 Å². The molecule has 0 heterocycles. The molecule has 0 aliphatic heterocycles. The molecule has 0 bridgehead atoms. The summed E-state index contributed by atoms with van der Waals surface area (Å²) >= 11 is 4.10. The molecular formula is C12H18OS. The number of benzene rings is 1. The molecule has 1 aromatic carbocycles. The number of rotatable bonds is 5. The van der Waals surface area contributed by atoms with Crippen LogP contribution in [0.2, 0.25) is 0 Å². The molecule has 1 unspecified atom stereocenters. The van der Waals surface area contributed by atoms with Crippen LogP contribution < -0.4 is 0 Å². The number of aliphatic hydroxyl groups is 1. The monoisotopic (exact) mass is 210 g/mol. The van der Waals surface area contributed by atoms with Crippen molar-refractivity contribution in [1.82, 2.24) is 0 Å². The van der Waals surface area contributed by atoms with Gasteiger partial charge in [0.15, 0.2) is 0 Å². The average molecular weight is 210 g/mol. The minimum absolute atomic E-state index is 0.358. The van der Waals surface area contributed by atoms with Gasteiger partial charge in [-0.1, -0.05) is 37.6 Å². The lowest BCUT2D eigenvalue weighted by Crippen LogP contribution is -1.98. The molecule has 0 radical (unpaired) electrons. The predicted octanol–water partition coefficient (Wildman–Crippen LogP) is 2.99. The smallest absolute Gasteiger partial charge is 0.0797 e. The minimum Gasteiger partial charge on any atom is -0.388 e. The van der Waals surface area contributed by atoms with Crippen LogP contribution in [0, 0.1) is 0 Å². The van der Waals surface area contributed by atoms with Crippen molar-refractivity contribution < 1.29 is 5.11 Å². The molecule has 0 saturated heterocycles. The molecule has 1 aromatic rings.